The molecule has 0 aliphatic heterocycles. The van der Waals surface area contributed by atoms with E-state index in [1.807, 2.05) is 24.3 Å². The summed E-state index contributed by atoms with van der Waals surface area (Å²) in [6, 6.07) is 12.1. The second-order valence-electron chi connectivity index (χ2n) is 4.65. The van der Waals surface area contributed by atoms with Crippen molar-refractivity contribution in [1.29, 1.82) is 0 Å². The molecule has 0 bridgehead atoms. The molecular weight excluding hydrogens is 367 g/mol. The number of phenolic OH excluding ortho intramolecular Hbond substituents is 1. The molecule has 1 aliphatic carbocycles. The molecule has 0 unspecified atom stereocenters. The second-order valence-corrected chi connectivity index (χ2v) is 5.98. The fourth-order valence-electron chi connectivity index (χ4n) is 1.98. The Bertz CT molecular complexity index is 760. The molecule has 3 rings (SSSR count). The Balaban J connectivity index is 0.000000188. The van der Waals surface area contributed by atoms with Crippen LogP contribution in [-0.2, 0) is 0 Å². The van der Waals surface area contributed by atoms with Gasteiger partial charge in [0, 0.05) is 11.1 Å². The maximum atomic E-state index is 11.6. The van der Waals surface area contributed by atoms with Crippen molar-refractivity contribution in [2.75, 3.05) is 0 Å². The normalized spacial score (nSPS) is 12.9. The summed E-state index contributed by atoms with van der Waals surface area (Å²) in [5.41, 5.74) is 0.811. The molecule has 1 aliphatic rings. The Labute approximate surface area is 141 Å². The van der Waals surface area contributed by atoms with Crippen LogP contribution in [0.15, 0.2) is 54.1 Å². The number of fused-ring (bicyclic) bond motifs is 1. The number of carbonyl (C=O) groups is 2. The fraction of sp³-hybridized carbons (Fsp3) is 0.0588. The number of allylic oxidation sites excluding steroid dienone is 2. The maximum absolute atomic E-state index is 11.6. The van der Waals surface area contributed by atoms with Gasteiger partial charge in [0.25, 0.3) is 0 Å². The molecule has 3 nitrogen and oxygen atoms in total. The summed E-state index contributed by atoms with van der Waals surface area (Å²) < 4.78 is 1.01. The summed E-state index contributed by atoms with van der Waals surface area (Å²) in [6.45, 7) is 1.59. The van der Waals surface area contributed by atoms with Crippen LogP contribution in [0.4, 0.5) is 0 Å². The van der Waals surface area contributed by atoms with Crippen molar-refractivity contribution < 1.29 is 14.7 Å². The third-order valence-corrected chi connectivity index (χ3v) is 4.41. The zero-order valence-corrected chi connectivity index (χ0v) is 14.1. The predicted molar refractivity (Wildman–Crippen MR) is 87.4 cm³/mol. The van der Waals surface area contributed by atoms with Crippen molar-refractivity contribution in [3.8, 4) is 5.75 Å². The number of phenols is 1. The summed E-state index contributed by atoms with van der Waals surface area (Å²) in [4.78, 5) is 23.1. The monoisotopic (exact) mass is 379 g/mol. The van der Waals surface area contributed by atoms with E-state index in [2.05, 4.69) is 16.0 Å². The molecule has 0 amide bonds. The van der Waals surface area contributed by atoms with E-state index in [-0.39, 0.29) is 28.4 Å². The topological polar surface area (TPSA) is 54.4 Å². The van der Waals surface area contributed by atoms with Crippen LogP contribution < -0.4 is 4.46 Å². The van der Waals surface area contributed by atoms with E-state index in [1.54, 1.807) is 19.1 Å². The minimum absolute atomic E-state index is 0.114. The molecule has 111 valence electrons. The van der Waals surface area contributed by atoms with Gasteiger partial charge in [-0.1, -0.05) is 12.1 Å². The molecule has 5 heteroatoms. The first-order chi connectivity index (χ1) is 10.4. The first-order valence-corrected chi connectivity index (χ1v) is 7.66. The van der Waals surface area contributed by atoms with Crippen LogP contribution in [0.5, 0.6) is 5.75 Å². The van der Waals surface area contributed by atoms with E-state index >= 15 is 0 Å². The number of hydrogen-bond donors (Lipinski definition) is 1. The van der Waals surface area contributed by atoms with Gasteiger partial charge in [0.05, 0.1) is 5.56 Å². The average molecular weight is 379 g/mol. The van der Waals surface area contributed by atoms with Crippen LogP contribution in [0.1, 0.15) is 27.6 Å². The van der Waals surface area contributed by atoms with Gasteiger partial charge in [-0.3, -0.25) is 9.59 Å². The third kappa shape index (κ3) is 3.47. The summed E-state index contributed by atoms with van der Waals surface area (Å²) in [5.74, 6) is -0.643. The van der Waals surface area contributed by atoms with Crippen molar-refractivity contribution >= 4 is 43.6 Å². The van der Waals surface area contributed by atoms with Gasteiger partial charge >= 0.3 is 61.4 Å². The molecule has 22 heavy (non-hydrogen) atoms. The summed E-state index contributed by atoms with van der Waals surface area (Å²) in [5, 5.41) is 10.2. The zero-order chi connectivity index (χ0) is 16.3. The quantitative estimate of drug-likeness (QED) is 0.717. The Morgan fingerprint density at radius 3 is 2.32 bits per heavy atom. The van der Waals surface area contributed by atoms with Crippen LogP contribution >= 0.6 is 11.6 Å². The molecule has 1 N–H and O–H groups in total. The number of ketones is 2. The SMILES string of the molecule is CC1=CC(=O)c2c(O)cccc2C1=O.Clc1ccccc1[Se]. The second kappa shape index (κ2) is 6.93. The van der Waals surface area contributed by atoms with Gasteiger partial charge in [-0.15, -0.1) is 0 Å². The van der Waals surface area contributed by atoms with Crippen LogP contribution in [0.25, 0.3) is 0 Å². The number of Topliss-reactive ketones (excluding diaryl/α,β-unsaturated/α-hetero) is 1. The van der Waals surface area contributed by atoms with E-state index in [0.717, 1.165) is 9.48 Å². The number of benzene rings is 2. The number of rotatable bonds is 0. The third-order valence-electron chi connectivity index (χ3n) is 3.08. The van der Waals surface area contributed by atoms with Crippen molar-refractivity contribution in [1.82, 2.24) is 0 Å². The van der Waals surface area contributed by atoms with E-state index in [0.29, 0.717) is 5.57 Å². The molecule has 0 spiro atoms. The van der Waals surface area contributed by atoms with Gasteiger partial charge < -0.3 is 5.11 Å². The molecule has 0 saturated heterocycles. The zero-order valence-electron chi connectivity index (χ0n) is 11.7. The first-order valence-electron chi connectivity index (χ1n) is 6.42. The van der Waals surface area contributed by atoms with Gasteiger partial charge in [0.15, 0.2) is 11.6 Å². The number of aromatic hydroxyl groups is 1. The number of carbonyl (C=O) groups excluding carboxylic acids is 2. The molecule has 0 aromatic heterocycles. The molecule has 0 atom stereocenters. The Morgan fingerprint density at radius 2 is 1.73 bits per heavy atom. The fourth-order valence-corrected chi connectivity index (χ4v) is 2.42. The van der Waals surface area contributed by atoms with Crippen LogP contribution in [0.3, 0.4) is 0 Å². The Kier molecular flexibility index (Phi) is 5.19. The molecule has 1 radical (unpaired) electrons. The van der Waals surface area contributed by atoms with Gasteiger partial charge in [-0.2, -0.15) is 0 Å². The van der Waals surface area contributed by atoms with Gasteiger partial charge in [0.2, 0.25) is 0 Å². The van der Waals surface area contributed by atoms with Gasteiger partial charge in [0.1, 0.15) is 5.75 Å². The molecule has 0 heterocycles. The molecule has 0 fully saturated rings. The predicted octanol–water partition coefficient (Wildman–Crippen LogP) is 2.85. The van der Waals surface area contributed by atoms with Crippen molar-refractivity contribution in [2.24, 2.45) is 0 Å². The van der Waals surface area contributed by atoms with E-state index in [9.17, 15) is 14.7 Å². The number of hydrogen-bond acceptors (Lipinski definition) is 3. The molecule has 2 aromatic rings. The first kappa shape index (κ1) is 16.5. The molecule has 2 aromatic carbocycles. The van der Waals surface area contributed by atoms with Gasteiger partial charge in [-0.25, -0.2) is 0 Å². The molecular formula is C17H12ClO3Se. The number of halogens is 1. The van der Waals surface area contributed by atoms with Gasteiger partial charge in [-0.05, 0) is 19.1 Å². The van der Waals surface area contributed by atoms with Crippen LogP contribution in [-0.4, -0.2) is 32.7 Å². The van der Waals surface area contributed by atoms with E-state index in [4.69, 9.17) is 11.6 Å². The summed E-state index contributed by atoms with van der Waals surface area (Å²) >= 11 is 8.52. The van der Waals surface area contributed by atoms with Crippen LogP contribution in [0.2, 0.25) is 5.02 Å². The Morgan fingerprint density at radius 1 is 1.05 bits per heavy atom. The summed E-state index contributed by atoms with van der Waals surface area (Å²) in [7, 11) is 0. The average Bonchev–Trinajstić information content (AvgIpc) is 2.48. The van der Waals surface area contributed by atoms with Crippen LogP contribution in [0, 0.1) is 0 Å². The summed E-state index contributed by atoms with van der Waals surface area (Å²) in [6.07, 6.45) is 1.25. The molecule has 0 saturated carbocycles. The minimum atomic E-state index is -0.310. The van der Waals surface area contributed by atoms with Crippen molar-refractivity contribution in [3.63, 3.8) is 0 Å². The Hall–Kier alpha value is -1.87. The van der Waals surface area contributed by atoms with E-state index in [1.165, 1.54) is 12.1 Å². The standard InChI is InChI=1S/C11H8O3.C6H4ClSe/c1-6-5-9(13)10-7(11(6)14)3-2-4-8(10)12;7-5-3-1-2-4-6(5)8/h2-5,12H,1H3;1-4H. The van der Waals surface area contributed by atoms with Crippen molar-refractivity contribution in [2.45, 2.75) is 6.92 Å². The van der Waals surface area contributed by atoms with E-state index < -0.39 is 0 Å². The van der Waals surface area contributed by atoms with Crippen molar-refractivity contribution in [3.05, 3.63) is 70.3 Å².